The molecule has 2 rings (SSSR count). The van der Waals surface area contributed by atoms with Gasteiger partial charge < -0.3 is 14.8 Å². The molecule has 4 heteroatoms. The average Bonchev–Trinajstić information content (AvgIpc) is 2.74. The van der Waals surface area contributed by atoms with Crippen LogP contribution in [0.5, 0.6) is 5.75 Å². The lowest BCUT2D eigenvalue weighted by Gasteiger charge is -2.14. The third kappa shape index (κ3) is 4.24. The van der Waals surface area contributed by atoms with Crippen molar-refractivity contribution in [2.45, 2.75) is 38.3 Å². The topological polar surface area (TPSA) is 47.6 Å². The number of rotatable bonds is 4. The van der Waals surface area contributed by atoms with Gasteiger partial charge in [0, 0.05) is 0 Å². The van der Waals surface area contributed by atoms with Crippen molar-refractivity contribution in [1.29, 1.82) is 0 Å². The Bertz CT molecular complexity index is 394. The van der Waals surface area contributed by atoms with Crippen LogP contribution in [0.3, 0.4) is 0 Å². The molecule has 1 atom stereocenters. The molecule has 0 radical (unpaired) electrons. The zero-order valence-corrected chi connectivity index (χ0v) is 11.4. The first-order chi connectivity index (χ1) is 9.29. The van der Waals surface area contributed by atoms with E-state index in [1.165, 1.54) is 6.42 Å². The number of nitrogens with one attached hydrogen (secondary N) is 1. The quantitative estimate of drug-likeness (QED) is 0.847. The first-order valence-corrected chi connectivity index (χ1v) is 6.82. The maximum Gasteiger partial charge on any atom is 0.323 e. The molecule has 1 unspecified atom stereocenters. The van der Waals surface area contributed by atoms with Crippen molar-refractivity contribution >= 4 is 5.97 Å². The predicted octanol–water partition coefficient (Wildman–Crippen LogP) is 2.27. The summed E-state index contributed by atoms with van der Waals surface area (Å²) >= 11 is 0. The second kappa shape index (κ2) is 7.14. The Labute approximate surface area is 114 Å². The van der Waals surface area contributed by atoms with Crippen LogP contribution < -0.4 is 10.1 Å². The normalized spacial score (nSPS) is 19.5. The molecule has 0 spiro atoms. The van der Waals surface area contributed by atoms with Crippen molar-refractivity contribution in [2.75, 3.05) is 13.7 Å². The second-order valence-electron chi connectivity index (χ2n) is 4.81. The van der Waals surface area contributed by atoms with Gasteiger partial charge in [-0.2, -0.15) is 0 Å². The number of carbonyl (C=O) groups is 1. The highest BCUT2D eigenvalue weighted by Gasteiger charge is 2.20. The van der Waals surface area contributed by atoms with Crippen LogP contribution in [0.25, 0.3) is 0 Å². The number of carbonyl (C=O) groups excluding carboxylic acids is 1. The van der Waals surface area contributed by atoms with E-state index in [9.17, 15) is 4.79 Å². The molecule has 1 N–H and O–H groups in total. The Hall–Kier alpha value is -1.55. The molecule has 1 aliphatic heterocycles. The second-order valence-corrected chi connectivity index (χ2v) is 4.81. The van der Waals surface area contributed by atoms with Crippen molar-refractivity contribution in [1.82, 2.24) is 5.32 Å². The maximum atomic E-state index is 11.9. The molecule has 1 fully saturated rings. The fourth-order valence-corrected chi connectivity index (χ4v) is 2.21. The predicted molar refractivity (Wildman–Crippen MR) is 73.0 cm³/mol. The molecular weight excluding hydrogens is 242 g/mol. The van der Waals surface area contributed by atoms with Gasteiger partial charge >= 0.3 is 5.97 Å². The SMILES string of the molecule is COc1ccc(COC(=O)C2CCCCCN2)cc1. The van der Waals surface area contributed by atoms with Crippen LogP contribution in [-0.2, 0) is 16.1 Å². The van der Waals surface area contributed by atoms with Gasteiger partial charge in [-0.25, -0.2) is 0 Å². The van der Waals surface area contributed by atoms with Crippen molar-refractivity contribution < 1.29 is 14.3 Å². The van der Waals surface area contributed by atoms with E-state index in [1.807, 2.05) is 24.3 Å². The number of esters is 1. The molecule has 1 heterocycles. The van der Waals surface area contributed by atoms with Crippen molar-refractivity contribution in [3.05, 3.63) is 29.8 Å². The Morgan fingerprint density at radius 1 is 1.26 bits per heavy atom. The Kier molecular flexibility index (Phi) is 5.21. The average molecular weight is 263 g/mol. The summed E-state index contributed by atoms with van der Waals surface area (Å²) in [4.78, 5) is 11.9. The van der Waals surface area contributed by atoms with Crippen LogP contribution in [0.2, 0.25) is 0 Å². The summed E-state index contributed by atoms with van der Waals surface area (Å²) in [5, 5.41) is 3.24. The van der Waals surface area contributed by atoms with Gasteiger partial charge in [0.2, 0.25) is 0 Å². The van der Waals surface area contributed by atoms with Crippen molar-refractivity contribution in [3.63, 3.8) is 0 Å². The molecule has 4 nitrogen and oxygen atoms in total. The lowest BCUT2D eigenvalue weighted by molar-refractivity contribution is -0.147. The summed E-state index contributed by atoms with van der Waals surface area (Å²) < 4.78 is 10.4. The smallest absolute Gasteiger partial charge is 0.323 e. The van der Waals surface area contributed by atoms with E-state index in [4.69, 9.17) is 9.47 Å². The minimum absolute atomic E-state index is 0.138. The minimum Gasteiger partial charge on any atom is -0.497 e. The van der Waals surface area contributed by atoms with Crippen LogP contribution in [-0.4, -0.2) is 25.7 Å². The standard InChI is InChI=1S/C15H21NO3/c1-18-13-8-6-12(7-9-13)11-19-15(17)14-5-3-2-4-10-16-14/h6-9,14,16H,2-5,10-11H2,1H3. The molecule has 1 aliphatic rings. The summed E-state index contributed by atoms with van der Waals surface area (Å²) in [6.45, 7) is 1.23. The van der Waals surface area contributed by atoms with Crippen LogP contribution >= 0.6 is 0 Å². The molecule has 1 aromatic carbocycles. The first kappa shape index (κ1) is 13.9. The number of benzene rings is 1. The van der Waals surface area contributed by atoms with Gasteiger partial charge in [-0.1, -0.05) is 25.0 Å². The van der Waals surface area contributed by atoms with Crippen LogP contribution in [0.1, 0.15) is 31.2 Å². The monoisotopic (exact) mass is 263 g/mol. The van der Waals surface area contributed by atoms with E-state index in [2.05, 4.69) is 5.32 Å². The highest BCUT2D eigenvalue weighted by molar-refractivity contribution is 5.75. The lowest BCUT2D eigenvalue weighted by Crippen LogP contribution is -2.37. The van der Waals surface area contributed by atoms with Gasteiger partial charge in [-0.3, -0.25) is 4.79 Å². The van der Waals surface area contributed by atoms with Gasteiger partial charge in [0.15, 0.2) is 0 Å². The zero-order chi connectivity index (χ0) is 13.5. The van der Waals surface area contributed by atoms with Gasteiger partial charge in [0.05, 0.1) is 7.11 Å². The zero-order valence-electron chi connectivity index (χ0n) is 11.4. The van der Waals surface area contributed by atoms with Crippen molar-refractivity contribution in [3.8, 4) is 5.75 Å². The summed E-state index contributed by atoms with van der Waals surface area (Å²) in [6, 6.07) is 7.42. The minimum atomic E-state index is -0.141. The van der Waals surface area contributed by atoms with Crippen LogP contribution in [0.15, 0.2) is 24.3 Å². The summed E-state index contributed by atoms with van der Waals surface area (Å²) in [6.07, 6.45) is 4.30. The fourth-order valence-electron chi connectivity index (χ4n) is 2.21. The van der Waals surface area contributed by atoms with Gasteiger partial charge in [-0.15, -0.1) is 0 Å². The summed E-state index contributed by atoms with van der Waals surface area (Å²) in [7, 11) is 1.63. The third-order valence-electron chi connectivity index (χ3n) is 3.38. The first-order valence-electron chi connectivity index (χ1n) is 6.82. The number of hydrogen-bond donors (Lipinski definition) is 1. The van der Waals surface area contributed by atoms with Crippen molar-refractivity contribution in [2.24, 2.45) is 0 Å². The Morgan fingerprint density at radius 3 is 2.79 bits per heavy atom. The fraction of sp³-hybridized carbons (Fsp3) is 0.533. The largest absolute Gasteiger partial charge is 0.497 e. The molecule has 0 saturated carbocycles. The van der Waals surface area contributed by atoms with E-state index in [0.29, 0.717) is 6.61 Å². The highest BCUT2D eigenvalue weighted by atomic mass is 16.5. The van der Waals surface area contributed by atoms with E-state index in [0.717, 1.165) is 37.1 Å². The maximum absolute atomic E-state index is 11.9. The molecule has 0 aliphatic carbocycles. The number of methoxy groups -OCH3 is 1. The van der Waals surface area contributed by atoms with E-state index >= 15 is 0 Å². The molecule has 1 aromatic rings. The number of hydrogen-bond acceptors (Lipinski definition) is 4. The molecule has 1 saturated heterocycles. The lowest BCUT2D eigenvalue weighted by atomic mass is 10.1. The Balaban J connectivity index is 1.81. The molecular formula is C15H21NO3. The molecule has 19 heavy (non-hydrogen) atoms. The van der Waals surface area contributed by atoms with E-state index < -0.39 is 0 Å². The van der Waals surface area contributed by atoms with Crippen LogP contribution in [0.4, 0.5) is 0 Å². The third-order valence-corrected chi connectivity index (χ3v) is 3.38. The van der Waals surface area contributed by atoms with Gasteiger partial charge in [0.25, 0.3) is 0 Å². The Morgan fingerprint density at radius 2 is 2.05 bits per heavy atom. The summed E-state index contributed by atoms with van der Waals surface area (Å²) in [5.74, 6) is 0.665. The molecule has 0 aromatic heterocycles. The number of ether oxygens (including phenoxy) is 2. The van der Waals surface area contributed by atoms with E-state index in [1.54, 1.807) is 7.11 Å². The summed E-state index contributed by atoms with van der Waals surface area (Å²) in [5.41, 5.74) is 0.975. The van der Waals surface area contributed by atoms with Gasteiger partial charge in [-0.05, 0) is 37.1 Å². The highest BCUT2D eigenvalue weighted by Crippen LogP contribution is 2.13. The van der Waals surface area contributed by atoms with E-state index in [-0.39, 0.29) is 12.0 Å². The van der Waals surface area contributed by atoms with Gasteiger partial charge in [0.1, 0.15) is 18.4 Å². The molecule has 0 bridgehead atoms. The van der Waals surface area contributed by atoms with Crippen LogP contribution in [0, 0.1) is 0 Å². The molecule has 104 valence electrons. The molecule has 0 amide bonds.